The molecule has 114 valence electrons. The molecule has 1 amide bonds. The summed E-state index contributed by atoms with van der Waals surface area (Å²) in [6.07, 6.45) is 0.462. The van der Waals surface area contributed by atoms with Gasteiger partial charge in [-0.2, -0.15) is 0 Å². The number of hydrogen-bond acceptors (Lipinski definition) is 3. The van der Waals surface area contributed by atoms with Gasteiger partial charge in [0.05, 0.1) is 12.5 Å². The standard InChI is InChI=1S/C18H20N2O2/c1-2-20-17-9-8-13(10-14(17)11-18(20)21)16(19)12-22-15-6-4-3-5-7-15/h3-10,16H,2,11-12,19H2,1H3. The summed E-state index contributed by atoms with van der Waals surface area (Å²) in [5, 5.41) is 0. The summed E-state index contributed by atoms with van der Waals surface area (Å²) >= 11 is 0. The Hall–Kier alpha value is -2.33. The van der Waals surface area contributed by atoms with Crippen molar-refractivity contribution < 1.29 is 9.53 Å². The Labute approximate surface area is 130 Å². The van der Waals surface area contributed by atoms with Crippen LogP contribution in [0.5, 0.6) is 5.75 Å². The summed E-state index contributed by atoms with van der Waals surface area (Å²) in [6.45, 7) is 3.10. The summed E-state index contributed by atoms with van der Waals surface area (Å²) in [4.78, 5) is 13.7. The molecule has 1 aliphatic heterocycles. The fraction of sp³-hybridized carbons (Fsp3) is 0.278. The molecule has 0 aliphatic carbocycles. The summed E-state index contributed by atoms with van der Waals surface area (Å²) < 4.78 is 5.70. The molecular formula is C18H20N2O2. The summed E-state index contributed by atoms with van der Waals surface area (Å²) in [7, 11) is 0. The molecule has 1 atom stereocenters. The Balaban J connectivity index is 1.71. The van der Waals surface area contributed by atoms with Crippen molar-refractivity contribution in [2.24, 2.45) is 5.73 Å². The van der Waals surface area contributed by atoms with Crippen LogP contribution in [0.25, 0.3) is 0 Å². The third kappa shape index (κ3) is 2.83. The molecule has 0 aromatic heterocycles. The molecule has 0 saturated carbocycles. The van der Waals surface area contributed by atoms with Gasteiger partial charge >= 0.3 is 0 Å². The van der Waals surface area contributed by atoms with Crippen LogP contribution in [0.2, 0.25) is 0 Å². The quantitative estimate of drug-likeness (QED) is 0.923. The van der Waals surface area contributed by atoms with Crippen molar-refractivity contribution in [3.63, 3.8) is 0 Å². The van der Waals surface area contributed by atoms with Gasteiger partial charge in [-0.15, -0.1) is 0 Å². The first-order valence-corrected chi connectivity index (χ1v) is 7.55. The Bertz CT molecular complexity index is 670. The second-order valence-corrected chi connectivity index (χ2v) is 5.43. The number of hydrogen-bond donors (Lipinski definition) is 1. The predicted molar refractivity (Wildman–Crippen MR) is 87.0 cm³/mol. The molecular weight excluding hydrogens is 276 g/mol. The molecule has 1 unspecified atom stereocenters. The molecule has 0 fully saturated rings. The van der Waals surface area contributed by atoms with E-state index in [9.17, 15) is 4.79 Å². The third-order valence-corrected chi connectivity index (χ3v) is 3.95. The maximum atomic E-state index is 11.9. The topological polar surface area (TPSA) is 55.6 Å². The SMILES string of the molecule is CCN1C(=O)Cc2cc(C(N)COc3ccccc3)ccc21. The zero-order valence-electron chi connectivity index (χ0n) is 12.7. The largest absolute Gasteiger partial charge is 0.492 e. The lowest BCUT2D eigenvalue weighted by molar-refractivity contribution is -0.117. The van der Waals surface area contributed by atoms with Crippen LogP contribution in [0.1, 0.15) is 24.1 Å². The van der Waals surface area contributed by atoms with Crippen LogP contribution in [0.4, 0.5) is 5.69 Å². The molecule has 3 rings (SSSR count). The molecule has 2 aromatic carbocycles. The second-order valence-electron chi connectivity index (χ2n) is 5.43. The zero-order valence-corrected chi connectivity index (χ0v) is 12.7. The second kappa shape index (κ2) is 6.20. The van der Waals surface area contributed by atoms with Crippen molar-refractivity contribution in [3.05, 3.63) is 59.7 Å². The fourth-order valence-corrected chi connectivity index (χ4v) is 2.78. The molecule has 2 N–H and O–H groups in total. The van der Waals surface area contributed by atoms with Crippen molar-refractivity contribution in [1.29, 1.82) is 0 Å². The normalized spacial score (nSPS) is 14.8. The van der Waals surface area contributed by atoms with E-state index in [1.54, 1.807) is 0 Å². The van der Waals surface area contributed by atoms with Crippen molar-refractivity contribution in [3.8, 4) is 5.75 Å². The maximum Gasteiger partial charge on any atom is 0.231 e. The Kier molecular flexibility index (Phi) is 4.11. The van der Waals surface area contributed by atoms with Gasteiger partial charge in [-0.25, -0.2) is 0 Å². The number of nitrogens with two attached hydrogens (primary N) is 1. The Morgan fingerprint density at radius 1 is 1.23 bits per heavy atom. The van der Waals surface area contributed by atoms with Gasteiger partial charge in [0.25, 0.3) is 0 Å². The maximum absolute atomic E-state index is 11.9. The highest BCUT2D eigenvalue weighted by Gasteiger charge is 2.26. The highest BCUT2D eigenvalue weighted by Crippen LogP contribution is 2.30. The minimum atomic E-state index is -0.212. The lowest BCUT2D eigenvalue weighted by Crippen LogP contribution is -2.25. The van der Waals surface area contributed by atoms with E-state index in [-0.39, 0.29) is 11.9 Å². The van der Waals surface area contributed by atoms with Crippen molar-refractivity contribution in [2.45, 2.75) is 19.4 Å². The molecule has 4 nitrogen and oxygen atoms in total. The first kappa shape index (κ1) is 14.6. The lowest BCUT2D eigenvalue weighted by Gasteiger charge is -2.17. The molecule has 1 heterocycles. The number of likely N-dealkylation sites (N-methyl/N-ethyl adjacent to an activating group) is 1. The summed E-state index contributed by atoms with van der Waals surface area (Å²) in [5.74, 6) is 0.968. The molecule has 4 heteroatoms. The number of rotatable bonds is 5. The van der Waals surface area contributed by atoms with E-state index in [0.29, 0.717) is 19.6 Å². The van der Waals surface area contributed by atoms with Gasteiger partial charge in [-0.3, -0.25) is 4.79 Å². The highest BCUT2D eigenvalue weighted by molar-refractivity contribution is 6.01. The van der Waals surface area contributed by atoms with Crippen LogP contribution in [0.15, 0.2) is 48.5 Å². The van der Waals surface area contributed by atoms with Crippen LogP contribution in [0, 0.1) is 0 Å². The average Bonchev–Trinajstić information content (AvgIpc) is 2.87. The molecule has 22 heavy (non-hydrogen) atoms. The average molecular weight is 296 g/mol. The van der Waals surface area contributed by atoms with Gasteiger partial charge < -0.3 is 15.4 Å². The molecule has 0 spiro atoms. The van der Waals surface area contributed by atoms with E-state index in [1.165, 1.54) is 0 Å². The van der Waals surface area contributed by atoms with Gasteiger partial charge in [-0.1, -0.05) is 30.3 Å². The number of carbonyl (C=O) groups is 1. The Morgan fingerprint density at radius 2 is 2.00 bits per heavy atom. The number of carbonyl (C=O) groups excluding carboxylic acids is 1. The van der Waals surface area contributed by atoms with Gasteiger partial charge in [0, 0.05) is 12.2 Å². The van der Waals surface area contributed by atoms with Crippen LogP contribution >= 0.6 is 0 Å². The lowest BCUT2D eigenvalue weighted by atomic mass is 10.0. The van der Waals surface area contributed by atoms with Crippen molar-refractivity contribution in [2.75, 3.05) is 18.1 Å². The zero-order chi connectivity index (χ0) is 15.5. The number of amides is 1. The molecule has 1 aliphatic rings. The molecule has 0 radical (unpaired) electrons. The first-order chi connectivity index (χ1) is 10.7. The van der Waals surface area contributed by atoms with Gasteiger partial charge in [-0.05, 0) is 36.2 Å². The fourth-order valence-electron chi connectivity index (χ4n) is 2.78. The number of para-hydroxylation sites is 1. The molecule has 0 saturated heterocycles. The van der Waals surface area contributed by atoms with Crippen LogP contribution in [0.3, 0.4) is 0 Å². The van der Waals surface area contributed by atoms with Crippen molar-refractivity contribution >= 4 is 11.6 Å². The van der Waals surface area contributed by atoms with Crippen LogP contribution < -0.4 is 15.4 Å². The number of anilines is 1. The van der Waals surface area contributed by atoms with Gasteiger partial charge in [0.2, 0.25) is 5.91 Å². The van der Waals surface area contributed by atoms with E-state index in [1.807, 2.05) is 60.4 Å². The minimum Gasteiger partial charge on any atom is -0.492 e. The Morgan fingerprint density at radius 3 is 2.73 bits per heavy atom. The molecule has 2 aromatic rings. The first-order valence-electron chi connectivity index (χ1n) is 7.55. The summed E-state index contributed by atoms with van der Waals surface area (Å²) in [6, 6.07) is 15.4. The molecule has 0 bridgehead atoms. The number of fused-ring (bicyclic) bond motifs is 1. The van der Waals surface area contributed by atoms with E-state index in [4.69, 9.17) is 10.5 Å². The third-order valence-electron chi connectivity index (χ3n) is 3.95. The monoisotopic (exact) mass is 296 g/mol. The van der Waals surface area contributed by atoms with Crippen molar-refractivity contribution in [1.82, 2.24) is 0 Å². The van der Waals surface area contributed by atoms with E-state index < -0.39 is 0 Å². The number of nitrogens with zero attached hydrogens (tertiary/aromatic N) is 1. The van der Waals surface area contributed by atoms with Gasteiger partial charge in [0.15, 0.2) is 0 Å². The van der Waals surface area contributed by atoms with Crippen LogP contribution in [-0.2, 0) is 11.2 Å². The predicted octanol–water partition coefficient (Wildman–Crippen LogP) is 2.67. The van der Waals surface area contributed by atoms with Crippen LogP contribution in [-0.4, -0.2) is 19.1 Å². The number of ether oxygens (including phenoxy) is 1. The van der Waals surface area contributed by atoms with E-state index in [0.717, 1.165) is 22.6 Å². The highest BCUT2D eigenvalue weighted by atomic mass is 16.5. The smallest absolute Gasteiger partial charge is 0.231 e. The van der Waals surface area contributed by atoms with E-state index in [2.05, 4.69) is 0 Å². The van der Waals surface area contributed by atoms with E-state index >= 15 is 0 Å². The van der Waals surface area contributed by atoms with Gasteiger partial charge in [0.1, 0.15) is 12.4 Å². The summed E-state index contributed by atoms with van der Waals surface area (Å²) in [5.41, 5.74) is 9.28. The minimum absolute atomic E-state index is 0.156. The number of benzene rings is 2.